The summed E-state index contributed by atoms with van der Waals surface area (Å²) in [5.74, 6) is 0.593. The third-order valence-corrected chi connectivity index (χ3v) is 11.6. The van der Waals surface area contributed by atoms with E-state index in [1.54, 1.807) is 24.9 Å². The molecule has 1 aliphatic heterocycles. The van der Waals surface area contributed by atoms with E-state index in [4.69, 9.17) is 40.7 Å². The maximum Gasteiger partial charge on any atom is 0.352 e. The summed E-state index contributed by atoms with van der Waals surface area (Å²) in [6.45, 7) is 7.54. The second-order valence-corrected chi connectivity index (χ2v) is 15.4. The topological polar surface area (TPSA) is 115 Å². The van der Waals surface area contributed by atoms with Crippen LogP contribution in [0.3, 0.4) is 0 Å². The van der Waals surface area contributed by atoms with Crippen LogP contribution in [0.2, 0.25) is 5.02 Å². The van der Waals surface area contributed by atoms with Gasteiger partial charge >= 0.3 is 5.97 Å². The van der Waals surface area contributed by atoms with E-state index in [0.29, 0.717) is 87.0 Å². The van der Waals surface area contributed by atoms with Crippen molar-refractivity contribution in [3.05, 3.63) is 99.0 Å². The Hall–Kier alpha value is -4.40. The van der Waals surface area contributed by atoms with E-state index >= 15 is 0 Å². The molecule has 0 aliphatic carbocycles. The van der Waals surface area contributed by atoms with Crippen LogP contribution in [0.15, 0.2) is 48.5 Å². The van der Waals surface area contributed by atoms with Gasteiger partial charge in [-0.1, -0.05) is 17.7 Å². The first-order valence-corrected chi connectivity index (χ1v) is 20.4. The second kappa shape index (κ2) is 17.8. The van der Waals surface area contributed by atoms with Crippen LogP contribution in [-0.4, -0.2) is 82.0 Å². The number of carboxylic acid groups (broad SMARTS) is 1. The van der Waals surface area contributed by atoms with Crippen molar-refractivity contribution < 1.29 is 33.2 Å². The summed E-state index contributed by atoms with van der Waals surface area (Å²) < 4.78 is 43.0. The SMILES string of the molecule is COCCOCCOCCn1nc2c(c1C)-c1c(Cl)ccc3c1c(C)c(C(=O)O)n3CCCOc1cc(cc3cc(F)ccc13)CCc1cc(nn1C)CSC2. The van der Waals surface area contributed by atoms with Crippen LogP contribution in [-0.2, 0) is 58.7 Å². The standard InChI is InChI=1S/C42H47ClFN5O6S/c1-26-38-36-11-10-34(43)40(38)39-27(2)49(13-15-53-18-19-54-17-16-52-4)46-35(39)25-56-24-31-23-32(47(3)45-31)8-6-28-20-29-22-30(44)7-9-33(29)37(21-28)55-14-5-12-48(36)41(26)42(50)51/h7,9-11,20-23H,5-6,8,12-19,24-25H2,1-4H3,(H,50,51). The van der Waals surface area contributed by atoms with Crippen LogP contribution in [0.1, 0.15) is 50.8 Å². The predicted octanol–water partition coefficient (Wildman–Crippen LogP) is 8.18. The Morgan fingerprint density at radius 2 is 1.79 bits per heavy atom. The molecule has 1 aliphatic rings. The van der Waals surface area contributed by atoms with E-state index in [0.717, 1.165) is 74.0 Å². The molecule has 0 fully saturated rings. The van der Waals surface area contributed by atoms with Crippen molar-refractivity contribution in [2.75, 3.05) is 46.8 Å². The number of hydrogen-bond acceptors (Lipinski definition) is 8. The maximum atomic E-state index is 14.4. The number of nitrogens with zero attached hydrogens (tertiary/aromatic N) is 5. The van der Waals surface area contributed by atoms with Crippen LogP contribution < -0.4 is 4.74 Å². The number of ether oxygens (including phenoxy) is 4. The molecule has 1 N–H and O–H groups in total. The van der Waals surface area contributed by atoms with E-state index in [1.165, 1.54) is 12.1 Å². The molecule has 7 rings (SSSR count). The fourth-order valence-electron chi connectivity index (χ4n) is 7.67. The lowest BCUT2D eigenvalue weighted by atomic mass is 9.97. The molecule has 6 aromatic rings. The highest BCUT2D eigenvalue weighted by Gasteiger charge is 2.27. The molecule has 56 heavy (non-hydrogen) atoms. The number of thioether (sulfide) groups is 1. The highest BCUT2D eigenvalue weighted by atomic mass is 35.5. The van der Waals surface area contributed by atoms with Crippen LogP contribution in [0.5, 0.6) is 5.75 Å². The molecule has 0 radical (unpaired) electrons. The van der Waals surface area contributed by atoms with Gasteiger partial charge in [-0.15, -0.1) is 11.8 Å². The van der Waals surface area contributed by atoms with Crippen molar-refractivity contribution in [1.29, 1.82) is 0 Å². The van der Waals surface area contributed by atoms with Gasteiger partial charge in [-0.3, -0.25) is 9.36 Å². The van der Waals surface area contributed by atoms with Crippen molar-refractivity contribution in [3.8, 4) is 16.9 Å². The van der Waals surface area contributed by atoms with E-state index in [2.05, 4.69) is 6.07 Å². The monoisotopic (exact) mass is 803 g/mol. The van der Waals surface area contributed by atoms with E-state index < -0.39 is 5.97 Å². The second-order valence-electron chi connectivity index (χ2n) is 14.0. The summed E-state index contributed by atoms with van der Waals surface area (Å²) in [6.07, 6.45) is 2.00. The maximum absolute atomic E-state index is 14.4. The summed E-state index contributed by atoms with van der Waals surface area (Å²) in [6, 6.07) is 14.7. The minimum atomic E-state index is -1.02. The first-order chi connectivity index (χ1) is 27.1. The molecule has 0 saturated carbocycles. The first-order valence-electron chi connectivity index (χ1n) is 18.8. The molecular weight excluding hydrogens is 757 g/mol. The van der Waals surface area contributed by atoms with Crippen LogP contribution in [0.25, 0.3) is 32.8 Å². The van der Waals surface area contributed by atoms with Crippen LogP contribution in [0, 0.1) is 19.7 Å². The van der Waals surface area contributed by atoms with Gasteiger partial charge < -0.3 is 28.6 Å². The molecule has 3 aromatic heterocycles. The van der Waals surface area contributed by atoms with Crippen molar-refractivity contribution in [2.24, 2.45) is 7.05 Å². The fourth-order valence-corrected chi connectivity index (χ4v) is 8.77. The third-order valence-electron chi connectivity index (χ3n) is 10.3. The first kappa shape index (κ1) is 39.8. The van der Waals surface area contributed by atoms with Gasteiger partial charge in [0.15, 0.2) is 0 Å². The number of aryl methyl sites for hydroxylation is 5. The molecule has 0 amide bonds. The van der Waals surface area contributed by atoms with Crippen molar-refractivity contribution >= 4 is 51.0 Å². The number of carboxylic acids is 1. The quantitative estimate of drug-likeness (QED) is 0.137. The average molecular weight is 804 g/mol. The minimum absolute atomic E-state index is 0.210. The number of benzene rings is 3. The smallest absolute Gasteiger partial charge is 0.352 e. The summed E-state index contributed by atoms with van der Waals surface area (Å²) in [4.78, 5) is 12.9. The summed E-state index contributed by atoms with van der Waals surface area (Å²) in [5, 5.41) is 23.4. The van der Waals surface area contributed by atoms with Crippen molar-refractivity contribution in [2.45, 2.75) is 57.7 Å². The van der Waals surface area contributed by atoms with E-state index in [1.807, 2.05) is 59.1 Å². The molecule has 0 saturated heterocycles. The predicted molar refractivity (Wildman–Crippen MR) is 218 cm³/mol. The molecule has 0 atom stereocenters. The molecule has 4 heterocycles. The molecular formula is C42H47ClFN5O6S. The number of fused-ring (bicyclic) bond motifs is 8. The Balaban J connectivity index is 1.27. The molecule has 8 bridgehead atoms. The minimum Gasteiger partial charge on any atom is -0.493 e. The Labute approximate surface area is 334 Å². The largest absolute Gasteiger partial charge is 0.493 e. The number of carbonyl (C=O) groups is 1. The lowest BCUT2D eigenvalue weighted by molar-refractivity contribution is 0.0224. The normalized spacial score (nSPS) is 13.9. The number of halogens is 2. The Morgan fingerprint density at radius 1 is 0.982 bits per heavy atom. The van der Waals surface area contributed by atoms with Gasteiger partial charge in [0.1, 0.15) is 17.3 Å². The van der Waals surface area contributed by atoms with Gasteiger partial charge in [-0.25, -0.2) is 9.18 Å². The van der Waals surface area contributed by atoms with Gasteiger partial charge in [0.2, 0.25) is 0 Å². The number of rotatable bonds is 10. The lowest BCUT2D eigenvalue weighted by Crippen LogP contribution is -2.13. The van der Waals surface area contributed by atoms with Gasteiger partial charge in [0, 0.05) is 76.0 Å². The summed E-state index contributed by atoms with van der Waals surface area (Å²) in [5.41, 5.74) is 8.15. The fraction of sp³-hybridized carbons (Fsp3) is 0.405. The molecule has 11 nitrogen and oxygen atoms in total. The zero-order chi connectivity index (χ0) is 39.3. The molecule has 14 heteroatoms. The third kappa shape index (κ3) is 8.47. The highest BCUT2D eigenvalue weighted by Crippen LogP contribution is 2.43. The number of hydrogen-bond donors (Lipinski definition) is 1. The van der Waals surface area contributed by atoms with E-state index in [-0.39, 0.29) is 11.5 Å². The van der Waals surface area contributed by atoms with Gasteiger partial charge in [-0.05, 0) is 92.1 Å². The van der Waals surface area contributed by atoms with Gasteiger partial charge in [0.05, 0.1) is 57.6 Å². The van der Waals surface area contributed by atoms with Crippen molar-refractivity contribution in [3.63, 3.8) is 0 Å². The Morgan fingerprint density at radius 3 is 2.59 bits per heavy atom. The average Bonchev–Trinajstić information content (AvgIpc) is 3.78. The zero-order valence-electron chi connectivity index (χ0n) is 32.2. The van der Waals surface area contributed by atoms with Crippen molar-refractivity contribution in [1.82, 2.24) is 24.1 Å². The number of aromatic carboxylic acids is 1. The molecule has 3 aromatic carbocycles. The number of methoxy groups -OCH3 is 1. The summed E-state index contributed by atoms with van der Waals surface area (Å²) in [7, 11) is 3.61. The number of aromatic nitrogens is 5. The van der Waals surface area contributed by atoms with Gasteiger partial charge in [0.25, 0.3) is 0 Å². The Bertz CT molecular complexity index is 2370. The zero-order valence-corrected chi connectivity index (χ0v) is 33.8. The molecule has 0 unspecified atom stereocenters. The van der Waals surface area contributed by atoms with Gasteiger partial charge in [-0.2, -0.15) is 10.2 Å². The molecule has 0 spiro atoms. The highest BCUT2D eigenvalue weighted by molar-refractivity contribution is 7.97. The van der Waals surface area contributed by atoms with Crippen LogP contribution >= 0.6 is 23.4 Å². The van der Waals surface area contributed by atoms with E-state index in [9.17, 15) is 14.3 Å². The summed E-state index contributed by atoms with van der Waals surface area (Å²) >= 11 is 8.83. The van der Waals surface area contributed by atoms with Crippen LogP contribution in [0.4, 0.5) is 4.39 Å². The lowest BCUT2D eigenvalue weighted by Gasteiger charge is -2.14. The Kier molecular flexibility index (Phi) is 12.7. The molecule has 296 valence electrons.